The average molecular weight is 360 g/mol. The number of hydrogen-bond acceptors (Lipinski definition) is 5. The molecule has 1 aromatic carbocycles. The molecule has 0 aliphatic rings. The van der Waals surface area contributed by atoms with E-state index in [1.807, 2.05) is 0 Å². The van der Waals surface area contributed by atoms with E-state index in [4.69, 9.17) is 9.15 Å². The average Bonchev–Trinajstić information content (AvgIpc) is 3.11. The van der Waals surface area contributed by atoms with Gasteiger partial charge in [-0.25, -0.2) is 9.18 Å². The first-order valence-corrected chi connectivity index (χ1v) is 7.66. The Hall–Kier alpha value is -3.42. The summed E-state index contributed by atoms with van der Waals surface area (Å²) in [5, 5.41) is 4.62. The Balaban J connectivity index is 1.84. The highest BCUT2D eigenvalue weighted by atomic mass is 19.1. The van der Waals surface area contributed by atoms with Crippen LogP contribution in [0, 0.1) is 5.82 Å². The normalized spacial score (nSPS) is 10.5. The summed E-state index contributed by atoms with van der Waals surface area (Å²) in [6, 6.07) is 9.30. The molecular formula is C18H17FN2O5. The minimum Gasteiger partial charge on any atom is -0.457 e. The molecule has 0 unspecified atom stereocenters. The van der Waals surface area contributed by atoms with Gasteiger partial charge in [-0.1, -0.05) is 12.1 Å². The first-order valence-electron chi connectivity index (χ1n) is 7.66. The van der Waals surface area contributed by atoms with Gasteiger partial charge in [-0.2, -0.15) is 0 Å². The van der Waals surface area contributed by atoms with Crippen LogP contribution in [0.25, 0.3) is 17.4 Å². The summed E-state index contributed by atoms with van der Waals surface area (Å²) in [6.45, 7) is -0.716. The second-order valence-electron chi connectivity index (χ2n) is 5.07. The Bertz CT molecular complexity index is 828. The first-order chi connectivity index (χ1) is 12.5. The zero-order valence-electron chi connectivity index (χ0n) is 14.0. The van der Waals surface area contributed by atoms with Crippen LogP contribution in [0.1, 0.15) is 5.76 Å². The van der Waals surface area contributed by atoms with Crippen molar-refractivity contribution in [3.05, 3.63) is 54.1 Å². The van der Waals surface area contributed by atoms with Crippen molar-refractivity contribution in [3.8, 4) is 11.3 Å². The number of carbonyl (C=O) groups is 3. The lowest BCUT2D eigenvalue weighted by Gasteiger charge is -2.04. The van der Waals surface area contributed by atoms with Gasteiger partial charge in [0.25, 0.3) is 5.91 Å². The summed E-state index contributed by atoms with van der Waals surface area (Å²) in [5.41, 5.74) is 0.308. The lowest BCUT2D eigenvalue weighted by molar-refractivity contribution is -0.143. The standard InChI is InChI=1S/C18H17FN2O5/c1-20-16(22)10-21-17(23)11-25-18(24)9-7-12-6-8-15(26-12)13-4-2-3-5-14(13)19/h2-9H,10-11H2,1H3,(H,20,22)(H,21,23)/b9-7+. The van der Waals surface area contributed by atoms with E-state index in [1.165, 1.54) is 19.2 Å². The highest BCUT2D eigenvalue weighted by Gasteiger charge is 2.09. The van der Waals surface area contributed by atoms with Crippen LogP contribution in [0.3, 0.4) is 0 Å². The highest BCUT2D eigenvalue weighted by Crippen LogP contribution is 2.25. The molecule has 2 N–H and O–H groups in total. The molecule has 0 fully saturated rings. The maximum atomic E-state index is 13.7. The van der Waals surface area contributed by atoms with E-state index in [9.17, 15) is 18.8 Å². The topological polar surface area (TPSA) is 97.6 Å². The molecule has 2 amide bonds. The van der Waals surface area contributed by atoms with Gasteiger partial charge in [0, 0.05) is 13.1 Å². The number of furan rings is 1. The lowest BCUT2D eigenvalue weighted by atomic mass is 10.1. The van der Waals surface area contributed by atoms with Gasteiger partial charge in [0.2, 0.25) is 5.91 Å². The maximum Gasteiger partial charge on any atom is 0.331 e. The second-order valence-corrected chi connectivity index (χ2v) is 5.07. The Morgan fingerprint density at radius 2 is 1.92 bits per heavy atom. The third kappa shape index (κ3) is 5.59. The molecule has 26 heavy (non-hydrogen) atoms. The highest BCUT2D eigenvalue weighted by molar-refractivity contribution is 5.90. The fraction of sp³-hybridized carbons (Fsp3) is 0.167. The molecule has 1 aromatic heterocycles. The number of rotatable bonds is 7. The van der Waals surface area contributed by atoms with E-state index in [-0.39, 0.29) is 12.5 Å². The fourth-order valence-electron chi connectivity index (χ4n) is 1.90. The molecule has 0 bridgehead atoms. The molecule has 0 atom stereocenters. The van der Waals surface area contributed by atoms with Crippen LogP contribution in [-0.2, 0) is 19.1 Å². The SMILES string of the molecule is CNC(=O)CNC(=O)COC(=O)/C=C/c1ccc(-c2ccccc2F)o1. The predicted octanol–water partition coefficient (Wildman–Crippen LogP) is 1.50. The van der Waals surface area contributed by atoms with Crippen LogP contribution in [0.2, 0.25) is 0 Å². The van der Waals surface area contributed by atoms with Crippen molar-refractivity contribution in [3.63, 3.8) is 0 Å². The van der Waals surface area contributed by atoms with Crippen molar-refractivity contribution in [2.24, 2.45) is 0 Å². The molecule has 0 spiro atoms. The Kier molecular flexibility index (Phi) is 6.67. The van der Waals surface area contributed by atoms with Crippen LogP contribution >= 0.6 is 0 Å². The molecular weight excluding hydrogens is 343 g/mol. The number of carbonyl (C=O) groups excluding carboxylic acids is 3. The van der Waals surface area contributed by atoms with Gasteiger partial charge in [-0.15, -0.1) is 0 Å². The van der Waals surface area contributed by atoms with Crippen LogP contribution in [0.15, 0.2) is 46.9 Å². The summed E-state index contributed by atoms with van der Waals surface area (Å²) in [7, 11) is 1.44. The monoisotopic (exact) mass is 360 g/mol. The third-order valence-electron chi connectivity index (χ3n) is 3.22. The van der Waals surface area contributed by atoms with E-state index < -0.39 is 24.3 Å². The smallest absolute Gasteiger partial charge is 0.331 e. The summed E-state index contributed by atoms with van der Waals surface area (Å²) in [4.78, 5) is 33.9. The maximum absolute atomic E-state index is 13.7. The van der Waals surface area contributed by atoms with Crippen LogP contribution in [0.5, 0.6) is 0 Å². The van der Waals surface area contributed by atoms with Gasteiger partial charge in [0.05, 0.1) is 12.1 Å². The zero-order valence-corrected chi connectivity index (χ0v) is 14.0. The minimum absolute atomic E-state index is 0.200. The van der Waals surface area contributed by atoms with Crippen molar-refractivity contribution >= 4 is 23.9 Å². The van der Waals surface area contributed by atoms with Gasteiger partial charge in [0.1, 0.15) is 17.3 Å². The van der Waals surface area contributed by atoms with Gasteiger partial charge >= 0.3 is 5.97 Å². The molecule has 0 aliphatic heterocycles. The van der Waals surface area contributed by atoms with E-state index in [0.29, 0.717) is 17.1 Å². The largest absolute Gasteiger partial charge is 0.457 e. The molecule has 2 rings (SSSR count). The summed E-state index contributed by atoms with van der Waals surface area (Å²) in [5.74, 6) is -1.50. The minimum atomic E-state index is -0.760. The first kappa shape index (κ1) is 18.9. The van der Waals surface area contributed by atoms with Crippen molar-refractivity contribution in [2.45, 2.75) is 0 Å². The van der Waals surface area contributed by atoms with E-state index >= 15 is 0 Å². The molecule has 2 aromatic rings. The zero-order chi connectivity index (χ0) is 18.9. The van der Waals surface area contributed by atoms with E-state index in [2.05, 4.69) is 10.6 Å². The molecule has 0 radical (unpaired) electrons. The predicted molar refractivity (Wildman–Crippen MR) is 91.2 cm³/mol. The van der Waals surface area contributed by atoms with Crippen LogP contribution in [-0.4, -0.2) is 38.0 Å². The van der Waals surface area contributed by atoms with Crippen molar-refractivity contribution in [1.82, 2.24) is 10.6 Å². The molecule has 136 valence electrons. The van der Waals surface area contributed by atoms with Crippen molar-refractivity contribution in [1.29, 1.82) is 0 Å². The van der Waals surface area contributed by atoms with Gasteiger partial charge in [-0.3, -0.25) is 9.59 Å². The number of nitrogens with one attached hydrogen (secondary N) is 2. The number of amides is 2. The Morgan fingerprint density at radius 3 is 2.65 bits per heavy atom. The molecule has 7 nitrogen and oxygen atoms in total. The number of hydrogen-bond donors (Lipinski definition) is 2. The molecule has 1 heterocycles. The van der Waals surface area contributed by atoms with E-state index in [0.717, 1.165) is 6.08 Å². The summed E-state index contributed by atoms with van der Waals surface area (Å²) in [6.07, 6.45) is 2.42. The molecule has 8 heteroatoms. The number of halogens is 1. The van der Waals surface area contributed by atoms with Gasteiger partial charge in [-0.05, 0) is 30.3 Å². The lowest BCUT2D eigenvalue weighted by Crippen LogP contribution is -2.37. The third-order valence-corrected chi connectivity index (χ3v) is 3.22. The Labute approximate surface area is 148 Å². The van der Waals surface area contributed by atoms with Gasteiger partial charge < -0.3 is 19.8 Å². The van der Waals surface area contributed by atoms with Crippen molar-refractivity contribution < 1.29 is 27.9 Å². The number of ether oxygens (including phenoxy) is 1. The summed E-state index contributed by atoms with van der Waals surface area (Å²) >= 11 is 0. The number of esters is 1. The quantitative estimate of drug-likeness (QED) is 0.576. The second kappa shape index (κ2) is 9.16. The summed E-state index contributed by atoms with van der Waals surface area (Å²) < 4.78 is 23.9. The molecule has 0 aliphatic carbocycles. The molecule has 0 saturated carbocycles. The number of benzene rings is 1. The van der Waals surface area contributed by atoms with Crippen molar-refractivity contribution in [2.75, 3.05) is 20.2 Å². The number of likely N-dealkylation sites (N-methyl/N-ethyl adjacent to an activating group) is 1. The fourth-order valence-corrected chi connectivity index (χ4v) is 1.90. The van der Waals surface area contributed by atoms with Crippen LogP contribution < -0.4 is 10.6 Å². The van der Waals surface area contributed by atoms with E-state index in [1.54, 1.807) is 30.3 Å². The Morgan fingerprint density at radius 1 is 1.15 bits per heavy atom. The van der Waals surface area contributed by atoms with Gasteiger partial charge in [0.15, 0.2) is 6.61 Å². The van der Waals surface area contributed by atoms with Crippen LogP contribution in [0.4, 0.5) is 4.39 Å². The molecule has 0 saturated heterocycles.